The highest BCUT2D eigenvalue weighted by molar-refractivity contribution is 5.93. The second-order valence-corrected chi connectivity index (χ2v) is 5.89. The Bertz CT molecular complexity index is 778. The van der Waals surface area contributed by atoms with Crippen molar-refractivity contribution in [1.29, 1.82) is 0 Å². The number of rotatable bonds is 7. The molecule has 0 aliphatic heterocycles. The Hall–Kier alpha value is -2.96. The Balaban J connectivity index is 1.77. The van der Waals surface area contributed by atoms with E-state index in [1.54, 1.807) is 30.3 Å². The SMILES string of the molecule is O=C(O[C@H](C(=O)NC1CC1)c1ccccc1)c1cccc(OC(F)F)c1. The molecule has 2 aromatic carbocycles. The lowest BCUT2D eigenvalue weighted by Crippen LogP contribution is -2.33. The first-order valence-corrected chi connectivity index (χ1v) is 8.14. The third kappa shape index (κ3) is 4.78. The average molecular weight is 361 g/mol. The van der Waals surface area contributed by atoms with Crippen LogP contribution in [0.2, 0.25) is 0 Å². The largest absolute Gasteiger partial charge is 0.444 e. The number of esters is 1. The van der Waals surface area contributed by atoms with Crippen LogP contribution in [0.5, 0.6) is 5.75 Å². The zero-order chi connectivity index (χ0) is 18.5. The maximum atomic E-state index is 12.5. The summed E-state index contributed by atoms with van der Waals surface area (Å²) in [7, 11) is 0. The van der Waals surface area contributed by atoms with Crippen molar-refractivity contribution in [3.8, 4) is 5.75 Å². The topological polar surface area (TPSA) is 64.6 Å². The maximum absolute atomic E-state index is 12.5. The predicted molar refractivity (Wildman–Crippen MR) is 88.8 cm³/mol. The summed E-state index contributed by atoms with van der Waals surface area (Å²) >= 11 is 0. The number of ether oxygens (including phenoxy) is 2. The van der Waals surface area contributed by atoms with Gasteiger partial charge in [-0.1, -0.05) is 36.4 Å². The summed E-state index contributed by atoms with van der Waals surface area (Å²) in [5.41, 5.74) is 0.544. The summed E-state index contributed by atoms with van der Waals surface area (Å²) in [6.07, 6.45) is 0.673. The first-order chi connectivity index (χ1) is 12.5. The molecule has 1 atom stereocenters. The van der Waals surface area contributed by atoms with E-state index in [1.165, 1.54) is 18.2 Å². The van der Waals surface area contributed by atoms with E-state index in [4.69, 9.17) is 4.74 Å². The first-order valence-electron chi connectivity index (χ1n) is 8.14. The quantitative estimate of drug-likeness (QED) is 0.767. The molecule has 5 nitrogen and oxygen atoms in total. The van der Waals surface area contributed by atoms with Gasteiger partial charge >= 0.3 is 12.6 Å². The van der Waals surface area contributed by atoms with Crippen LogP contribution in [0.4, 0.5) is 8.78 Å². The molecule has 1 N–H and O–H groups in total. The van der Waals surface area contributed by atoms with Gasteiger partial charge in [-0.3, -0.25) is 4.79 Å². The summed E-state index contributed by atoms with van der Waals surface area (Å²) in [6.45, 7) is -3.00. The molecule has 2 aromatic rings. The minimum Gasteiger partial charge on any atom is -0.444 e. The number of alkyl halides is 2. The lowest BCUT2D eigenvalue weighted by Gasteiger charge is -2.18. The van der Waals surface area contributed by atoms with Gasteiger partial charge in [0, 0.05) is 11.6 Å². The van der Waals surface area contributed by atoms with Crippen molar-refractivity contribution in [2.45, 2.75) is 31.6 Å². The lowest BCUT2D eigenvalue weighted by atomic mass is 10.1. The van der Waals surface area contributed by atoms with Crippen LogP contribution in [-0.4, -0.2) is 24.5 Å². The van der Waals surface area contributed by atoms with Gasteiger partial charge in [0.15, 0.2) is 0 Å². The Labute approximate surface area is 148 Å². The third-order valence-electron chi connectivity index (χ3n) is 3.78. The van der Waals surface area contributed by atoms with Gasteiger partial charge in [0.05, 0.1) is 5.56 Å². The highest BCUT2D eigenvalue weighted by atomic mass is 19.3. The van der Waals surface area contributed by atoms with Crippen LogP contribution in [0.3, 0.4) is 0 Å². The van der Waals surface area contributed by atoms with Crippen LogP contribution in [0.1, 0.15) is 34.9 Å². The number of hydrogen-bond donors (Lipinski definition) is 1. The summed E-state index contributed by atoms with van der Waals surface area (Å²) in [5, 5.41) is 2.81. The van der Waals surface area contributed by atoms with E-state index < -0.39 is 24.6 Å². The number of halogens is 2. The zero-order valence-corrected chi connectivity index (χ0v) is 13.7. The van der Waals surface area contributed by atoms with E-state index in [0.29, 0.717) is 5.56 Å². The molecule has 0 heterocycles. The minimum absolute atomic E-state index is 0.0169. The highest BCUT2D eigenvalue weighted by Crippen LogP contribution is 2.25. The summed E-state index contributed by atoms with van der Waals surface area (Å²) in [6, 6.07) is 14.0. The molecule has 0 aromatic heterocycles. The Morgan fingerprint density at radius 2 is 1.77 bits per heavy atom. The van der Waals surface area contributed by atoms with Crippen LogP contribution in [0, 0.1) is 0 Å². The van der Waals surface area contributed by atoms with Crippen molar-refractivity contribution in [3.63, 3.8) is 0 Å². The molecule has 0 unspecified atom stereocenters. The fraction of sp³-hybridized carbons (Fsp3) is 0.263. The van der Waals surface area contributed by atoms with Crippen molar-refractivity contribution in [1.82, 2.24) is 5.32 Å². The molecule has 136 valence electrons. The number of nitrogens with one attached hydrogen (secondary N) is 1. The Morgan fingerprint density at radius 1 is 1.04 bits per heavy atom. The number of hydrogen-bond acceptors (Lipinski definition) is 4. The number of amides is 1. The van der Waals surface area contributed by atoms with Crippen LogP contribution >= 0.6 is 0 Å². The van der Waals surface area contributed by atoms with Gasteiger partial charge in [0.2, 0.25) is 6.10 Å². The smallest absolute Gasteiger partial charge is 0.387 e. The zero-order valence-electron chi connectivity index (χ0n) is 13.7. The van der Waals surface area contributed by atoms with Crippen molar-refractivity contribution < 1.29 is 27.8 Å². The van der Waals surface area contributed by atoms with E-state index in [9.17, 15) is 18.4 Å². The van der Waals surface area contributed by atoms with Gasteiger partial charge in [-0.05, 0) is 31.0 Å². The van der Waals surface area contributed by atoms with E-state index in [1.807, 2.05) is 0 Å². The van der Waals surface area contributed by atoms with E-state index >= 15 is 0 Å². The van der Waals surface area contributed by atoms with Gasteiger partial charge in [0.25, 0.3) is 5.91 Å². The maximum Gasteiger partial charge on any atom is 0.387 e. The first kappa shape index (κ1) is 17.8. The molecule has 3 rings (SSSR count). The van der Waals surface area contributed by atoms with Gasteiger partial charge in [-0.25, -0.2) is 4.79 Å². The van der Waals surface area contributed by atoms with Gasteiger partial charge < -0.3 is 14.8 Å². The predicted octanol–water partition coefficient (Wildman–Crippen LogP) is 3.46. The van der Waals surface area contributed by atoms with Crippen LogP contribution < -0.4 is 10.1 Å². The molecule has 0 radical (unpaired) electrons. The number of carbonyl (C=O) groups excluding carboxylic acids is 2. The van der Waals surface area contributed by atoms with E-state index in [-0.39, 0.29) is 17.4 Å². The van der Waals surface area contributed by atoms with Crippen molar-refractivity contribution in [2.75, 3.05) is 0 Å². The third-order valence-corrected chi connectivity index (χ3v) is 3.78. The monoisotopic (exact) mass is 361 g/mol. The van der Waals surface area contributed by atoms with E-state index in [2.05, 4.69) is 10.1 Å². The molecule has 1 fully saturated rings. The minimum atomic E-state index is -3.00. The van der Waals surface area contributed by atoms with Crippen LogP contribution in [0.15, 0.2) is 54.6 Å². The lowest BCUT2D eigenvalue weighted by molar-refractivity contribution is -0.130. The fourth-order valence-corrected chi connectivity index (χ4v) is 2.38. The molecule has 7 heteroatoms. The molecular weight excluding hydrogens is 344 g/mol. The van der Waals surface area contributed by atoms with Gasteiger partial charge in [-0.15, -0.1) is 0 Å². The molecule has 0 saturated heterocycles. The summed E-state index contributed by atoms with van der Waals surface area (Å²) in [5.74, 6) is -1.37. The molecule has 0 bridgehead atoms. The standard InChI is InChI=1S/C19H17F2NO4/c20-19(21)25-15-8-4-7-13(11-15)18(24)26-16(12-5-2-1-3-6-12)17(23)22-14-9-10-14/h1-8,11,14,16,19H,9-10H2,(H,22,23)/t16-/m0/s1. The molecular formula is C19H17F2NO4. The van der Waals surface area contributed by atoms with Crippen molar-refractivity contribution in [3.05, 3.63) is 65.7 Å². The second kappa shape index (κ2) is 7.95. The molecule has 1 saturated carbocycles. The Morgan fingerprint density at radius 3 is 2.42 bits per heavy atom. The highest BCUT2D eigenvalue weighted by Gasteiger charge is 2.31. The molecule has 26 heavy (non-hydrogen) atoms. The van der Waals surface area contributed by atoms with Crippen LogP contribution in [0.25, 0.3) is 0 Å². The average Bonchev–Trinajstić information content (AvgIpc) is 3.43. The van der Waals surface area contributed by atoms with Crippen molar-refractivity contribution in [2.24, 2.45) is 0 Å². The van der Waals surface area contributed by atoms with Gasteiger partial charge in [-0.2, -0.15) is 8.78 Å². The molecule has 1 amide bonds. The second-order valence-electron chi connectivity index (χ2n) is 5.89. The summed E-state index contributed by atoms with van der Waals surface area (Å²) < 4.78 is 34.3. The van der Waals surface area contributed by atoms with Crippen LogP contribution in [-0.2, 0) is 9.53 Å². The molecule has 0 spiro atoms. The number of carbonyl (C=O) groups is 2. The fourth-order valence-electron chi connectivity index (χ4n) is 2.38. The van der Waals surface area contributed by atoms with Gasteiger partial charge in [0.1, 0.15) is 5.75 Å². The van der Waals surface area contributed by atoms with Crippen molar-refractivity contribution >= 4 is 11.9 Å². The Kier molecular flexibility index (Phi) is 5.46. The molecule has 1 aliphatic carbocycles. The van der Waals surface area contributed by atoms with E-state index in [0.717, 1.165) is 18.9 Å². The number of benzene rings is 2. The summed E-state index contributed by atoms with van der Waals surface area (Å²) in [4.78, 5) is 24.9. The normalized spacial score (nSPS) is 14.6. The molecule has 1 aliphatic rings.